The van der Waals surface area contributed by atoms with Crippen LogP contribution < -0.4 is 16.0 Å². The first-order chi connectivity index (χ1) is 12.4. The van der Waals surface area contributed by atoms with Crippen LogP contribution in [0.5, 0.6) is 0 Å². The summed E-state index contributed by atoms with van der Waals surface area (Å²) in [5, 5.41) is 9.50. The van der Waals surface area contributed by atoms with Crippen LogP contribution in [0.15, 0.2) is 27.6 Å². The lowest BCUT2D eigenvalue weighted by atomic mass is 10.2. The van der Waals surface area contributed by atoms with Gasteiger partial charge in [-0.1, -0.05) is 17.7 Å². The number of carbonyl (C=O) groups excluding carboxylic acids is 1. The van der Waals surface area contributed by atoms with Crippen molar-refractivity contribution < 1.29 is 9.21 Å². The second kappa shape index (κ2) is 11.1. The van der Waals surface area contributed by atoms with E-state index in [-0.39, 0.29) is 36.3 Å². The summed E-state index contributed by atoms with van der Waals surface area (Å²) in [5.74, 6) is 1.84. The van der Waals surface area contributed by atoms with Crippen LogP contribution in [0.25, 0.3) is 0 Å². The molecule has 7 nitrogen and oxygen atoms in total. The lowest BCUT2D eigenvalue weighted by molar-refractivity contribution is -0.116. The topological polar surface area (TPSA) is 91.5 Å². The van der Waals surface area contributed by atoms with Crippen molar-refractivity contribution in [1.29, 1.82) is 0 Å². The Bertz CT molecular complexity index is 788. The largest absolute Gasteiger partial charge is 0.444 e. The molecule has 0 saturated heterocycles. The molecule has 2 aromatic rings. The summed E-state index contributed by atoms with van der Waals surface area (Å²) in [6, 6.07) is 5.51. The fraction of sp³-hybridized carbons (Fsp3) is 0.389. The number of hydrogen-bond acceptors (Lipinski definition) is 4. The van der Waals surface area contributed by atoms with Crippen molar-refractivity contribution in [2.75, 3.05) is 18.9 Å². The van der Waals surface area contributed by atoms with Crippen molar-refractivity contribution in [1.82, 2.24) is 15.6 Å². The SMILES string of the molecule is CN=C(NCCC(=O)Nc1ccc(C)cc1Cl)NCc1nc(C)c(C)o1.I. The van der Waals surface area contributed by atoms with E-state index in [1.165, 1.54) is 0 Å². The number of oxazole rings is 1. The monoisotopic (exact) mass is 505 g/mol. The van der Waals surface area contributed by atoms with Crippen molar-refractivity contribution in [3.8, 4) is 0 Å². The van der Waals surface area contributed by atoms with Gasteiger partial charge in [0, 0.05) is 20.0 Å². The molecule has 1 aromatic carbocycles. The molecular weight excluding hydrogens is 481 g/mol. The number of aryl methyl sites for hydroxylation is 3. The van der Waals surface area contributed by atoms with Gasteiger partial charge in [0.15, 0.2) is 5.96 Å². The van der Waals surface area contributed by atoms with E-state index in [0.29, 0.717) is 35.6 Å². The molecule has 0 saturated carbocycles. The first-order valence-corrected chi connectivity index (χ1v) is 8.70. The molecule has 0 atom stereocenters. The molecule has 1 amide bonds. The lowest BCUT2D eigenvalue weighted by Crippen LogP contribution is -2.38. The summed E-state index contributed by atoms with van der Waals surface area (Å²) >= 11 is 6.12. The maximum atomic E-state index is 12.0. The van der Waals surface area contributed by atoms with Crippen LogP contribution in [0.4, 0.5) is 5.69 Å². The molecule has 2 rings (SSSR count). The molecular formula is C18H25ClIN5O2. The van der Waals surface area contributed by atoms with Crippen LogP contribution in [-0.4, -0.2) is 30.4 Å². The number of rotatable bonds is 6. The number of aliphatic imine (C=N–C) groups is 1. The number of nitrogens with one attached hydrogen (secondary N) is 3. The Balaban J connectivity index is 0.00000364. The van der Waals surface area contributed by atoms with Crippen molar-refractivity contribution in [2.45, 2.75) is 33.7 Å². The predicted octanol–water partition coefficient (Wildman–Crippen LogP) is 3.57. The highest BCUT2D eigenvalue weighted by atomic mass is 127. The number of guanidine groups is 1. The smallest absolute Gasteiger partial charge is 0.226 e. The Morgan fingerprint density at radius 2 is 2.00 bits per heavy atom. The molecule has 0 radical (unpaired) electrons. The second-order valence-electron chi connectivity index (χ2n) is 5.88. The van der Waals surface area contributed by atoms with Crippen LogP contribution in [0.2, 0.25) is 5.02 Å². The molecule has 3 N–H and O–H groups in total. The summed E-state index contributed by atoms with van der Waals surface area (Å²) < 4.78 is 5.50. The van der Waals surface area contributed by atoms with Gasteiger partial charge >= 0.3 is 0 Å². The maximum Gasteiger partial charge on any atom is 0.226 e. The summed E-state index contributed by atoms with van der Waals surface area (Å²) in [5.41, 5.74) is 2.52. The Hall–Kier alpha value is -1.81. The zero-order valence-corrected chi connectivity index (χ0v) is 18.9. The standard InChI is InChI=1S/C18H24ClN5O2.HI/c1-11-5-6-15(14(19)9-11)24-16(25)7-8-21-18(20-4)22-10-17-23-12(2)13(3)26-17;/h5-6,9H,7-8,10H2,1-4H3,(H,24,25)(H2,20,21,22);1H. The van der Waals surface area contributed by atoms with Crippen LogP contribution in [-0.2, 0) is 11.3 Å². The number of carbonyl (C=O) groups is 1. The van der Waals surface area contributed by atoms with Crippen molar-refractivity contribution in [2.24, 2.45) is 4.99 Å². The third-order valence-electron chi connectivity index (χ3n) is 3.75. The minimum absolute atomic E-state index is 0. The quantitative estimate of drug-likeness (QED) is 0.317. The van der Waals surface area contributed by atoms with Gasteiger partial charge < -0.3 is 20.4 Å². The number of hydrogen-bond donors (Lipinski definition) is 3. The van der Waals surface area contributed by atoms with E-state index in [9.17, 15) is 4.79 Å². The fourth-order valence-electron chi connectivity index (χ4n) is 2.22. The molecule has 27 heavy (non-hydrogen) atoms. The molecule has 9 heteroatoms. The molecule has 0 aliphatic carbocycles. The highest BCUT2D eigenvalue weighted by Crippen LogP contribution is 2.22. The summed E-state index contributed by atoms with van der Waals surface area (Å²) in [6.07, 6.45) is 0.280. The summed E-state index contributed by atoms with van der Waals surface area (Å²) in [7, 11) is 1.66. The Morgan fingerprint density at radius 3 is 2.59 bits per heavy atom. The van der Waals surface area contributed by atoms with Crippen molar-refractivity contribution in [3.63, 3.8) is 0 Å². The number of nitrogens with zero attached hydrogens (tertiary/aromatic N) is 2. The molecule has 0 aliphatic rings. The van der Waals surface area contributed by atoms with Crippen LogP contribution in [0.1, 0.15) is 29.3 Å². The minimum Gasteiger partial charge on any atom is -0.444 e. The molecule has 0 spiro atoms. The third kappa shape index (κ3) is 7.37. The van der Waals surface area contributed by atoms with E-state index >= 15 is 0 Å². The average molecular weight is 506 g/mol. The van der Waals surface area contributed by atoms with Gasteiger partial charge in [0.2, 0.25) is 11.8 Å². The zero-order valence-electron chi connectivity index (χ0n) is 15.9. The van der Waals surface area contributed by atoms with Crippen molar-refractivity contribution in [3.05, 3.63) is 46.1 Å². The van der Waals surface area contributed by atoms with E-state index in [1.54, 1.807) is 13.1 Å². The molecule has 148 valence electrons. The molecule has 1 heterocycles. The Kier molecular flexibility index (Phi) is 9.57. The van der Waals surface area contributed by atoms with Crippen LogP contribution in [0.3, 0.4) is 0 Å². The predicted molar refractivity (Wildman–Crippen MR) is 119 cm³/mol. The van der Waals surface area contributed by atoms with Gasteiger partial charge in [-0.25, -0.2) is 4.98 Å². The van der Waals surface area contributed by atoms with E-state index in [4.69, 9.17) is 16.0 Å². The normalized spacial score (nSPS) is 10.9. The first-order valence-electron chi connectivity index (χ1n) is 8.32. The van der Waals surface area contributed by atoms with Gasteiger partial charge in [-0.15, -0.1) is 24.0 Å². The molecule has 0 unspecified atom stereocenters. The van der Waals surface area contributed by atoms with E-state index in [0.717, 1.165) is 17.0 Å². The van der Waals surface area contributed by atoms with Gasteiger partial charge in [-0.2, -0.15) is 0 Å². The molecule has 1 aromatic heterocycles. The highest BCUT2D eigenvalue weighted by molar-refractivity contribution is 14.0. The van der Waals surface area contributed by atoms with Gasteiger partial charge in [0.25, 0.3) is 0 Å². The second-order valence-corrected chi connectivity index (χ2v) is 6.29. The molecule has 0 aliphatic heterocycles. The number of anilines is 1. The summed E-state index contributed by atoms with van der Waals surface area (Å²) in [4.78, 5) is 20.5. The van der Waals surface area contributed by atoms with Gasteiger partial charge in [-0.3, -0.25) is 9.79 Å². The van der Waals surface area contributed by atoms with Gasteiger partial charge in [0.1, 0.15) is 5.76 Å². The summed E-state index contributed by atoms with van der Waals surface area (Å²) in [6.45, 7) is 6.56. The van der Waals surface area contributed by atoms with Crippen molar-refractivity contribution >= 4 is 53.1 Å². The third-order valence-corrected chi connectivity index (χ3v) is 4.06. The molecule has 0 bridgehead atoms. The van der Waals surface area contributed by atoms with Crippen LogP contribution in [0, 0.1) is 20.8 Å². The lowest BCUT2D eigenvalue weighted by Gasteiger charge is -2.11. The Morgan fingerprint density at radius 1 is 1.26 bits per heavy atom. The first kappa shape index (κ1) is 23.2. The van der Waals surface area contributed by atoms with E-state index in [1.807, 2.05) is 32.9 Å². The maximum absolute atomic E-state index is 12.0. The number of aromatic nitrogens is 1. The van der Waals surface area contributed by atoms with E-state index < -0.39 is 0 Å². The number of amides is 1. The zero-order chi connectivity index (χ0) is 19.1. The average Bonchev–Trinajstić information content (AvgIpc) is 2.91. The minimum atomic E-state index is -0.127. The Labute approximate surface area is 181 Å². The fourth-order valence-corrected chi connectivity index (χ4v) is 2.51. The number of benzene rings is 1. The molecule has 0 fully saturated rings. The number of halogens is 2. The van der Waals surface area contributed by atoms with Crippen LogP contribution >= 0.6 is 35.6 Å². The van der Waals surface area contributed by atoms with Gasteiger partial charge in [0.05, 0.1) is 22.9 Å². The highest BCUT2D eigenvalue weighted by Gasteiger charge is 2.08. The van der Waals surface area contributed by atoms with Gasteiger partial charge in [-0.05, 0) is 38.5 Å². The van der Waals surface area contributed by atoms with E-state index in [2.05, 4.69) is 25.9 Å².